The van der Waals surface area contributed by atoms with Crippen molar-refractivity contribution in [2.75, 3.05) is 45.8 Å². The second kappa shape index (κ2) is 7.44. The molecular formula is C20H27N3OS. The van der Waals surface area contributed by atoms with Crippen LogP contribution < -0.4 is 5.32 Å². The maximum Gasteiger partial charge on any atom is 0.264 e. The highest BCUT2D eigenvalue weighted by molar-refractivity contribution is 7.21. The molecule has 1 amide bonds. The van der Waals surface area contributed by atoms with E-state index in [1.807, 2.05) is 6.07 Å². The molecule has 4 nitrogen and oxygen atoms in total. The third-order valence-electron chi connectivity index (χ3n) is 5.67. The lowest BCUT2D eigenvalue weighted by molar-refractivity contribution is 0.0612. The van der Waals surface area contributed by atoms with Gasteiger partial charge in [0, 0.05) is 37.4 Å². The van der Waals surface area contributed by atoms with Crippen molar-refractivity contribution in [2.45, 2.75) is 19.8 Å². The van der Waals surface area contributed by atoms with E-state index >= 15 is 0 Å². The minimum atomic E-state index is 0.222. The van der Waals surface area contributed by atoms with Crippen LogP contribution in [0, 0.1) is 12.8 Å². The molecule has 2 aliphatic rings. The number of carbonyl (C=O) groups is 1. The fourth-order valence-corrected chi connectivity index (χ4v) is 5.26. The molecule has 0 aliphatic carbocycles. The molecule has 2 aliphatic heterocycles. The summed E-state index contributed by atoms with van der Waals surface area (Å²) in [7, 11) is 0. The number of rotatable bonds is 3. The lowest BCUT2D eigenvalue weighted by Gasteiger charge is -2.37. The monoisotopic (exact) mass is 357 g/mol. The molecule has 2 aromatic rings. The summed E-state index contributed by atoms with van der Waals surface area (Å²) in [5.41, 5.74) is 1.14. The Hall–Kier alpha value is -1.43. The van der Waals surface area contributed by atoms with Crippen molar-refractivity contribution in [3.63, 3.8) is 0 Å². The molecule has 1 aromatic carbocycles. The van der Waals surface area contributed by atoms with Gasteiger partial charge in [-0.05, 0) is 55.8 Å². The third kappa shape index (κ3) is 3.59. The Labute approximate surface area is 153 Å². The summed E-state index contributed by atoms with van der Waals surface area (Å²) >= 11 is 1.64. The quantitative estimate of drug-likeness (QED) is 0.917. The van der Waals surface area contributed by atoms with Crippen LogP contribution >= 0.6 is 11.3 Å². The molecule has 5 heteroatoms. The predicted molar refractivity (Wildman–Crippen MR) is 104 cm³/mol. The largest absolute Gasteiger partial charge is 0.335 e. The van der Waals surface area contributed by atoms with Gasteiger partial charge >= 0.3 is 0 Å². The van der Waals surface area contributed by atoms with Crippen LogP contribution in [-0.2, 0) is 0 Å². The SMILES string of the molecule is Cc1c(C(=O)N2CCN(CC3CCNCC3)CC2)sc2ccccc12. The van der Waals surface area contributed by atoms with Gasteiger partial charge in [0.1, 0.15) is 0 Å². The summed E-state index contributed by atoms with van der Waals surface area (Å²) in [5, 5.41) is 4.66. The minimum absolute atomic E-state index is 0.222. The molecule has 0 radical (unpaired) electrons. The molecule has 134 valence electrons. The molecule has 4 rings (SSSR count). The average Bonchev–Trinajstić information content (AvgIpc) is 3.00. The zero-order chi connectivity index (χ0) is 17.2. The molecule has 0 atom stereocenters. The normalized spacial score (nSPS) is 20.3. The lowest BCUT2D eigenvalue weighted by atomic mass is 9.97. The van der Waals surface area contributed by atoms with Crippen LogP contribution in [0.15, 0.2) is 24.3 Å². The van der Waals surface area contributed by atoms with Crippen molar-refractivity contribution in [3.05, 3.63) is 34.7 Å². The summed E-state index contributed by atoms with van der Waals surface area (Å²) < 4.78 is 1.22. The maximum atomic E-state index is 13.0. The van der Waals surface area contributed by atoms with Crippen molar-refractivity contribution in [3.8, 4) is 0 Å². The number of fused-ring (bicyclic) bond motifs is 1. The van der Waals surface area contributed by atoms with E-state index in [-0.39, 0.29) is 5.91 Å². The first kappa shape index (κ1) is 17.0. The predicted octanol–water partition coefficient (Wildman–Crippen LogP) is 2.97. The Morgan fingerprint density at radius 2 is 1.88 bits per heavy atom. The molecule has 0 bridgehead atoms. The van der Waals surface area contributed by atoms with E-state index < -0.39 is 0 Å². The number of aryl methyl sites for hydroxylation is 1. The lowest BCUT2D eigenvalue weighted by Crippen LogP contribution is -2.50. The zero-order valence-corrected chi connectivity index (χ0v) is 15.8. The highest BCUT2D eigenvalue weighted by atomic mass is 32.1. The molecular weight excluding hydrogens is 330 g/mol. The molecule has 0 spiro atoms. The minimum Gasteiger partial charge on any atom is -0.335 e. The number of benzene rings is 1. The van der Waals surface area contributed by atoms with Gasteiger partial charge in [0.2, 0.25) is 0 Å². The standard InChI is InChI=1S/C20H27N3OS/c1-15-17-4-2-3-5-18(17)25-19(15)20(24)23-12-10-22(11-13-23)14-16-6-8-21-9-7-16/h2-5,16,21H,6-14H2,1H3. The van der Waals surface area contributed by atoms with Gasteiger partial charge in [-0.25, -0.2) is 0 Å². The first-order chi connectivity index (χ1) is 12.2. The Morgan fingerprint density at radius 3 is 2.60 bits per heavy atom. The highest BCUT2D eigenvalue weighted by Crippen LogP contribution is 2.31. The number of hydrogen-bond acceptors (Lipinski definition) is 4. The number of nitrogens with zero attached hydrogens (tertiary/aromatic N) is 2. The highest BCUT2D eigenvalue weighted by Gasteiger charge is 2.26. The second-order valence-electron chi connectivity index (χ2n) is 7.34. The van der Waals surface area contributed by atoms with Crippen molar-refractivity contribution >= 4 is 27.3 Å². The number of amides is 1. The van der Waals surface area contributed by atoms with Gasteiger partial charge in [-0.1, -0.05) is 18.2 Å². The number of carbonyl (C=O) groups excluding carboxylic acids is 1. The smallest absolute Gasteiger partial charge is 0.264 e. The summed E-state index contributed by atoms with van der Waals surface area (Å²) in [6, 6.07) is 8.33. The molecule has 2 fully saturated rings. The summed E-state index contributed by atoms with van der Waals surface area (Å²) in [4.78, 5) is 18.5. The average molecular weight is 358 g/mol. The number of piperazine rings is 1. The zero-order valence-electron chi connectivity index (χ0n) is 15.0. The Bertz CT molecular complexity index is 742. The van der Waals surface area contributed by atoms with Gasteiger partial charge in [-0.2, -0.15) is 0 Å². The van der Waals surface area contributed by atoms with Gasteiger partial charge in [0.15, 0.2) is 0 Å². The summed E-state index contributed by atoms with van der Waals surface area (Å²) in [6.45, 7) is 9.35. The van der Waals surface area contributed by atoms with Crippen LogP contribution in [0.1, 0.15) is 28.1 Å². The summed E-state index contributed by atoms with van der Waals surface area (Å²) in [5.74, 6) is 1.05. The first-order valence-electron chi connectivity index (χ1n) is 9.43. The molecule has 25 heavy (non-hydrogen) atoms. The van der Waals surface area contributed by atoms with Crippen molar-refractivity contribution in [1.82, 2.24) is 15.1 Å². The van der Waals surface area contributed by atoms with E-state index in [2.05, 4.69) is 40.2 Å². The Kier molecular flexibility index (Phi) is 5.06. The summed E-state index contributed by atoms with van der Waals surface area (Å²) in [6.07, 6.45) is 2.58. The van der Waals surface area contributed by atoms with Gasteiger partial charge < -0.3 is 10.2 Å². The molecule has 1 aromatic heterocycles. The number of hydrogen-bond donors (Lipinski definition) is 1. The van der Waals surface area contributed by atoms with Crippen LogP contribution in [0.25, 0.3) is 10.1 Å². The van der Waals surface area contributed by atoms with E-state index in [4.69, 9.17) is 0 Å². The van der Waals surface area contributed by atoms with Gasteiger partial charge in [-0.15, -0.1) is 11.3 Å². The van der Waals surface area contributed by atoms with Crippen molar-refractivity contribution in [2.24, 2.45) is 5.92 Å². The van der Waals surface area contributed by atoms with Crippen LogP contribution in [-0.4, -0.2) is 61.5 Å². The molecule has 0 unspecified atom stereocenters. The Morgan fingerprint density at radius 1 is 1.16 bits per heavy atom. The van der Waals surface area contributed by atoms with E-state index in [1.165, 1.54) is 29.5 Å². The van der Waals surface area contributed by atoms with E-state index in [9.17, 15) is 4.79 Å². The number of piperidine rings is 1. The van der Waals surface area contributed by atoms with Gasteiger partial charge in [0.05, 0.1) is 4.88 Å². The van der Waals surface area contributed by atoms with Gasteiger partial charge in [0.25, 0.3) is 5.91 Å². The number of nitrogens with one attached hydrogen (secondary N) is 1. The fraction of sp³-hybridized carbons (Fsp3) is 0.550. The number of thiophene rings is 1. The Balaban J connectivity index is 1.38. The molecule has 0 saturated carbocycles. The first-order valence-corrected chi connectivity index (χ1v) is 10.2. The third-order valence-corrected chi connectivity index (χ3v) is 6.93. The molecule has 2 saturated heterocycles. The van der Waals surface area contributed by atoms with Crippen LogP contribution in [0.5, 0.6) is 0 Å². The molecule has 1 N–H and O–H groups in total. The second-order valence-corrected chi connectivity index (χ2v) is 8.39. The van der Waals surface area contributed by atoms with Crippen molar-refractivity contribution in [1.29, 1.82) is 0 Å². The van der Waals surface area contributed by atoms with Crippen molar-refractivity contribution < 1.29 is 4.79 Å². The van der Waals surface area contributed by atoms with E-state index in [0.717, 1.165) is 55.6 Å². The van der Waals surface area contributed by atoms with Crippen LogP contribution in [0.4, 0.5) is 0 Å². The van der Waals surface area contributed by atoms with E-state index in [0.29, 0.717) is 0 Å². The topological polar surface area (TPSA) is 35.6 Å². The van der Waals surface area contributed by atoms with Crippen LogP contribution in [0.2, 0.25) is 0 Å². The van der Waals surface area contributed by atoms with Crippen LogP contribution in [0.3, 0.4) is 0 Å². The van der Waals surface area contributed by atoms with Gasteiger partial charge in [-0.3, -0.25) is 9.69 Å². The maximum absolute atomic E-state index is 13.0. The van der Waals surface area contributed by atoms with E-state index in [1.54, 1.807) is 11.3 Å². The molecule has 3 heterocycles. The fourth-order valence-electron chi connectivity index (χ4n) is 4.08.